The zero-order chi connectivity index (χ0) is 8.72. The molecule has 0 radical (unpaired) electrons. The van der Waals surface area contributed by atoms with Gasteiger partial charge in [0, 0.05) is 11.1 Å². The first-order valence-corrected chi connectivity index (χ1v) is 4.45. The third-order valence-electron chi connectivity index (χ3n) is 1.88. The summed E-state index contributed by atoms with van der Waals surface area (Å²) in [6, 6.07) is 1.97. The quantitative estimate of drug-likeness (QED) is 0.700. The van der Waals surface area contributed by atoms with Gasteiger partial charge < -0.3 is 0 Å². The first-order chi connectivity index (χ1) is 5.68. The van der Waals surface area contributed by atoms with E-state index in [2.05, 4.69) is 31.1 Å². The van der Waals surface area contributed by atoms with Gasteiger partial charge in [-0.1, -0.05) is 0 Å². The molecular formula is C8H8BrN3. The maximum Gasteiger partial charge on any atom is 0.114 e. The van der Waals surface area contributed by atoms with Crippen molar-refractivity contribution in [3.63, 3.8) is 0 Å². The van der Waals surface area contributed by atoms with Gasteiger partial charge in [-0.3, -0.25) is 5.10 Å². The van der Waals surface area contributed by atoms with Crippen LogP contribution in [0.5, 0.6) is 0 Å². The fourth-order valence-electron chi connectivity index (χ4n) is 1.25. The molecule has 2 rings (SSSR count). The normalized spacial score (nSPS) is 10.9. The Morgan fingerprint density at radius 3 is 2.92 bits per heavy atom. The molecule has 2 aromatic rings. The van der Waals surface area contributed by atoms with Crippen LogP contribution in [-0.4, -0.2) is 15.2 Å². The molecule has 0 amide bonds. The fraction of sp³-hybridized carbons (Fsp3) is 0.250. The summed E-state index contributed by atoms with van der Waals surface area (Å²) in [5, 5.41) is 8.22. The van der Waals surface area contributed by atoms with Crippen LogP contribution in [0.2, 0.25) is 0 Å². The molecule has 0 aromatic carbocycles. The Balaban J connectivity index is 2.92. The van der Waals surface area contributed by atoms with E-state index in [1.54, 1.807) is 0 Å². The SMILES string of the molecule is Cc1[nH]nc2c(C)nc(Br)cc12. The van der Waals surface area contributed by atoms with Crippen LogP contribution in [0, 0.1) is 13.8 Å². The van der Waals surface area contributed by atoms with Crippen LogP contribution < -0.4 is 0 Å². The molecule has 3 nitrogen and oxygen atoms in total. The van der Waals surface area contributed by atoms with Crippen LogP contribution in [0.25, 0.3) is 10.9 Å². The second-order valence-corrected chi connectivity index (χ2v) is 3.59. The zero-order valence-corrected chi connectivity index (χ0v) is 8.44. The fourth-order valence-corrected chi connectivity index (χ4v) is 1.75. The van der Waals surface area contributed by atoms with Crippen molar-refractivity contribution in [2.24, 2.45) is 0 Å². The standard InChI is InChI=1S/C8H8BrN3/c1-4-6-3-7(9)10-5(2)8(6)12-11-4/h3H,1-2H3,(H,11,12). The van der Waals surface area contributed by atoms with Gasteiger partial charge in [-0.2, -0.15) is 5.10 Å². The summed E-state index contributed by atoms with van der Waals surface area (Å²) >= 11 is 3.35. The Morgan fingerprint density at radius 1 is 1.42 bits per heavy atom. The molecule has 2 heterocycles. The monoisotopic (exact) mass is 225 g/mol. The van der Waals surface area contributed by atoms with Gasteiger partial charge in [0.05, 0.1) is 5.69 Å². The summed E-state index contributed by atoms with van der Waals surface area (Å²) < 4.78 is 0.858. The molecule has 4 heteroatoms. The van der Waals surface area contributed by atoms with Crippen molar-refractivity contribution in [1.29, 1.82) is 0 Å². The van der Waals surface area contributed by atoms with Crippen LogP contribution >= 0.6 is 15.9 Å². The topological polar surface area (TPSA) is 41.6 Å². The van der Waals surface area contributed by atoms with Crippen LogP contribution in [0.15, 0.2) is 10.7 Å². The third kappa shape index (κ3) is 1.03. The minimum Gasteiger partial charge on any atom is -0.282 e. The maximum absolute atomic E-state index is 4.25. The summed E-state index contributed by atoms with van der Waals surface area (Å²) in [6.07, 6.45) is 0. The van der Waals surface area contributed by atoms with E-state index in [9.17, 15) is 0 Å². The Kier molecular flexibility index (Phi) is 1.65. The molecule has 2 aromatic heterocycles. The van der Waals surface area contributed by atoms with E-state index >= 15 is 0 Å². The van der Waals surface area contributed by atoms with E-state index < -0.39 is 0 Å². The van der Waals surface area contributed by atoms with Gasteiger partial charge in [-0.15, -0.1) is 0 Å². The number of halogens is 1. The second kappa shape index (κ2) is 2.55. The van der Waals surface area contributed by atoms with Gasteiger partial charge in [-0.05, 0) is 35.8 Å². The molecule has 0 atom stereocenters. The summed E-state index contributed by atoms with van der Waals surface area (Å²) in [7, 11) is 0. The number of nitrogens with one attached hydrogen (secondary N) is 1. The number of rotatable bonds is 0. The molecule has 0 aliphatic heterocycles. The molecule has 0 spiro atoms. The lowest BCUT2D eigenvalue weighted by Gasteiger charge is -1.95. The number of hydrogen-bond acceptors (Lipinski definition) is 2. The van der Waals surface area contributed by atoms with E-state index in [0.29, 0.717) is 0 Å². The predicted octanol–water partition coefficient (Wildman–Crippen LogP) is 2.34. The molecule has 1 N–H and O–H groups in total. The first-order valence-electron chi connectivity index (χ1n) is 3.66. The smallest absolute Gasteiger partial charge is 0.114 e. The lowest BCUT2D eigenvalue weighted by atomic mass is 10.2. The predicted molar refractivity (Wildman–Crippen MR) is 51.1 cm³/mol. The molecule has 0 aliphatic rings. The highest BCUT2D eigenvalue weighted by molar-refractivity contribution is 9.10. The van der Waals surface area contributed by atoms with E-state index in [0.717, 1.165) is 26.9 Å². The average molecular weight is 226 g/mol. The summed E-state index contributed by atoms with van der Waals surface area (Å²) in [5.74, 6) is 0. The minimum absolute atomic E-state index is 0.858. The second-order valence-electron chi connectivity index (χ2n) is 2.78. The number of nitrogens with zero attached hydrogens (tertiary/aromatic N) is 2. The summed E-state index contributed by atoms with van der Waals surface area (Å²) in [4.78, 5) is 4.25. The molecule has 0 aliphatic carbocycles. The number of pyridine rings is 1. The van der Waals surface area contributed by atoms with Gasteiger partial charge in [0.2, 0.25) is 0 Å². The van der Waals surface area contributed by atoms with Crippen LogP contribution in [0.1, 0.15) is 11.4 Å². The molecule has 0 fully saturated rings. The van der Waals surface area contributed by atoms with Crippen molar-refractivity contribution in [3.8, 4) is 0 Å². The highest BCUT2D eigenvalue weighted by atomic mass is 79.9. The number of aromatic nitrogens is 3. The molecule has 0 bridgehead atoms. The van der Waals surface area contributed by atoms with Crippen molar-refractivity contribution < 1.29 is 0 Å². The number of H-pyrrole nitrogens is 1. The van der Waals surface area contributed by atoms with Crippen molar-refractivity contribution in [2.45, 2.75) is 13.8 Å². The van der Waals surface area contributed by atoms with E-state index in [4.69, 9.17) is 0 Å². The van der Waals surface area contributed by atoms with Crippen LogP contribution in [0.3, 0.4) is 0 Å². The lowest BCUT2D eigenvalue weighted by Crippen LogP contribution is -1.83. The highest BCUT2D eigenvalue weighted by Crippen LogP contribution is 2.20. The molecule has 0 saturated heterocycles. The lowest BCUT2D eigenvalue weighted by molar-refractivity contribution is 1.06. The Bertz CT molecular complexity index is 433. The van der Waals surface area contributed by atoms with Gasteiger partial charge in [0.1, 0.15) is 10.1 Å². The zero-order valence-electron chi connectivity index (χ0n) is 6.85. The highest BCUT2D eigenvalue weighted by Gasteiger charge is 2.05. The van der Waals surface area contributed by atoms with Crippen LogP contribution in [0.4, 0.5) is 0 Å². The van der Waals surface area contributed by atoms with Crippen molar-refractivity contribution in [3.05, 3.63) is 22.1 Å². The maximum atomic E-state index is 4.25. The van der Waals surface area contributed by atoms with E-state index in [1.165, 1.54) is 0 Å². The largest absolute Gasteiger partial charge is 0.282 e. The first kappa shape index (κ1) is 7.73. The van der Waals surface area contributed by atoms with Gasteiger partial charge in [0.25, 0.3) is 0 Å². The summed E-state index contributed by atoms with van der Waals surface area (Å²) in [6.45, 7) is 3.95. The van der Waals surface area contributed by atoms with Crippen molar-refractivity contribution >= 4 is 26.8 Å². The number of aryl methyl sites for hydroxylation is 2. The minimum atomic E-state index is 0.858. The van der Waals surface area contributed by atoms with Crippen molar-refractivity contribution in [2.75, 3.05) is 0 Å². The molecule has 62 valence electrons. The van der Waals surface area contributed by atoms with Gasteiger partial charge in [0.15, 0.2) is 0 Å². The van der Waals surface area contributed by atoms with Crippen LogP contribution in [-0.2, 0) is 0 Å². The number of fused-ring (bicyclic) bond motifs is 1. The Morgan fingerprint density at radius 2 is 2.17 bits per heavy atom. The molecular weight excluding hydrogens is 218 g/mol. The Hall–Kier alpha value is -0.900. The average Bonchev–Trinajstić information content (AvgIpc) is 2.33. The molecule has 12 heavy (non-hydrogen) atoms. The molecule has 0 unspecified atom stereocenters. The third-order valence-corrected chi connectivity index (χ3v) is 2.28. The summed E-state index contributed by atoms with van der Waals surface area (Å²) in [5.41, 5.74) is 2.98. The van der Waals surface area contributed by atoms with E-state index in [1.807, 2.05) is 19.9 Å². The van der Waals surface area contributed by atoms with Crippen molar-refractivity contribution in [1.82, 2.24) is 15.2 Å². The number of hydrogen-bond donors (Lipinski definition) is 1. The number of aromatic amines is 1. The van der Waals surface area contributed by atoms with E-state index in [-0.39, 0.29) is 0 Å². The molecule has 0 saturated carbocycles. The van der Waals surface area contributed by atoms with Gasteiger partial charge in [-0.25, -0.2) is 4.98 Å². The van der Waals surface area contributed by atoms with Gasteiger partial charge >= 0.3 is 0 Å². The Labute approximate surface area is 78.3 Å².